The second-order valence-corrected chi connectivity index (χ2v) is 7.93. The topological polar surface area (TPSA) is 18.5 Å². The summed E-state index contributed by atoms with van der Waals surface area (Å²) in [4.78, 5) is 0. The Morgan fingerprint density at radius 3 is 2.95 bits per heavy atom. The van der Waals surface area contributed by atoms with Gasteiger partial charge >= 0.3 is 0 Å². The molecule has 116 valence electrons. The Balaban J connectivity index is 1.73. The van der Waals surface area contributed by atoms with Crippen molar-refractivity contribution >= 4 is 39.3 Å². The van der Waals surface area contributed by atoms with Crippen molar-refractivity contribution in [2.75, 3.05) is 18.1 Å². The van der Waals surface area contributed by atoms with Gasteiger partial charge < -0.3 is 9.47 Å². The van der Waals surface area contributed by atoms with Crippen LogP contribution in [0.2, 0.25) is 5.02 Å². The molecule has 0 N–H and O–H groups in total. The standard InChI is InChI=1S/C16H20BrClO2S/c17-11-12-2-1-3-14(18)15(12)20-13-4-7-19-16(10-13)5-8-21-9-6-16/h1-3,13H,4-11H2. The van der Waals surface area contributed by atoms with Crippen LogP contribution in [0.4, 0.5) is 0 Å². The van der Waals surface area contributed by atoms with E-state index in [2.05, 4.69) is 22.0 Å². The van der Waals surface area contributed by atoms with Gasteiger partial charge in [0.2, 0.25) is 0 Å². The lowest BCUT2D eigenvalue weighted by Gasteiger charge is -2.43. The number of hydrogen-bond donors (Lipinski definition) is 0. The number of benzene rings is 1. The SMILES string of the molecule is Clc1cccc(CBr)c1OC1CCOC2(CCSCC2)C1. The minimum atomic E-state index is 0.0456. The molecule has 3 rings (SSSR count). The Morgan fingerprint density at radius 2 is 2.19 bits per heavy atom. The van der Waals surface area contributed by atoms with Gasteiger partial charge in [0.15, 0.2) is 0 Å². The maximum atomic E-state index is 6.32. The van der Waals surface area contributed by atoms with E-state index in [4.69, 9.17) is 21.1 Å². The molecule has 1 atom stereocenters. The average Bonchev–Trinajstić information content (AvgIpc) is 2.50. The van der Waals surface area contributed by atoms with Crippen LogP contribution in [0.5, 0.6) is 5.75 Å². The van der Waals surface area contributed by atoms with Gasteiger partial charge in [-0.05, 0) is 30.4 Å². The summed E-state index contributed by atoms with van der Waals surface area (Å²) in [6.07, 6.45) is 4.43. The summed E-state index contributed by atoms with van der Waals surface area (Å²) in [7, 11) is 0. The molecule has 1 spiro atoms. The van der Waals surface area contributed by atoms with E-state index in [0.717, 1.165) is 48.9 Å². The number of para-hydroxylation sites is 1. The first-order chi connectivity index (χ1) is 10.2. The molecule has 2 nitrogen and oxygen atoms in total. The molecule has 0 bridgehead atoms. The van der Waals surface area contributed by atoms with Crippen molar-refractivity contribution in [2.45, 2.75) is 42.7 Å². The predicted octanol–water partition coefficient (Wildman–Crippen LogP) is 5.06. The fraction of sp³-hybridized carbons (Fsp3) is 0.625. The molecule has 5 heteroatoms. The van der Waals surface area contributed by atoms with Crippen LogP contribution in [0.15, 0.2) is 18.2 Å². The molecular formula is C16H20BrClO2S. The molecule has 2 fully saturated rings. The van der Waals surface area contributed by atoms with Crippen LogP contribution in [0.1, 0.15) is 31.2 Å². The van der Waals surface area contributed by atoms with E-state index in [0.29, 0.717) is 5.02 Å². The fourth-order valence-corrected chi connectivity index (χ4v) is 5.05. The number of thioether (sulfide) groups is 1. The lowest BCUT2D eigenvalue weighted by Crippen LogP contribution is -2.46. The predicted molar refractivity (Wildman–Crippen MR) is 93.0 cm³/mol. The van der Waals surface area contributed by atoms with E-state index in [9.17, 15) is 0 Å². The number of ether oxygens (including phenoxy) is 2. The molecule has 2 aliphatic heterocycles. The number of rotatable bonds is 3. The second kappa shape index (κ2) is 7.12. The van der Waals surface area contributed by atoms with Gasteiger partial charge in [-0.15, -0.1) is 0 Å². The van der Waals surface area contributed by atoms with Gasteiger partial charge in [-0.2, -0.15) is 11.8 Å². The van der Waals surface area contributed by atoms with Gasteiger partial charge in [-0.1, -0.05) is 39.7 Å². The molecular weight excluding hydrogens is 372 g/mol. The summed E-state index contributed by atoms with van der Waals surface area (Å²) in [5.41, 5.74) is 1.16. The summed E-state index contributed by atoms with van der Waals surface area (Å²) in [5, 5.41) is 1.46. The van der Waals surface area contributed by atoms with Crippen molar-refractivity contribution in [1.82, 2.24) is 0 Å². The number of hydrogen-bond acceptors (Lipinski definition) is 3. The average molecular weight is 392 g/mol. The summed E-state index contributed by atoms with van der Waals surface area (Å²) in [6.45, 7) is 0.795. The molecule has 21 heavy (non-hydrogen) atoms. The summed E-state index contributed by atoms with van der Waals surface area (Å²) in [6, 6.07) is 5.92. The molecule has 0 saturated carbocycles. The highest BCUT2D eigenvalue weighted by molar-refractivity contribution is 9.08. The van der Waals surface area contributed by atoms with Gasteiger partial charge in [-0.3, -0.25) is 0 Å². The quantitative estimate of drug-likeness (QED) is 0.671. The van der Waals surface area contributed by atoms with Crippen molar-refractivity contribution in [3.63, 3.8) is 0 Å². The van der Waals surface area contributed by atoms with E-state index < -0.39 is 0 Å². The Bertz CT molecular complexity index is 486. The Labute approximate surface area is 144 Å². The van der Waals surface area contributed by atoms with Crippen LogP contribution in [0, 0.1) is 0 Å². The fourth-order valence-electron chi connectivity index (χ4n) is 3.13. The summed E-state index contributed by atoms with van der Waals surface area (Å²) in [5.74, 6) is 3.24. The molecule has 0 radical (unpaired) electrons. The van der Waals surface area contributed by atoms with Crippen LogP contribution < -0.4 is 4.74 Å². The second-order valence-electron chi connectivity index (χ2n) is 5.74. The summed E-state index contributed by atoms with van der Waals surface area (Å²) >= 11 is 11.9. The first kappa shape index (κ1) is 16.0. The minimum absolute atomic E-state index is 0.0456. The maximum absolute atomic E-state index is 6.32. The number of alkyl halides is 1. The third-order valence-corrected chi connectivity index (χ3v) is 6.22. The third kappa shape index (κ3) is 3.72. The van der Waals surface area contributed by atoms with Crippen LogP contribution in [-0.2, 0) is 10.1 Å². The van der Waals surface area contributed by atoms with Gasteiger partial charge in [0.05, 0.1) is 17.2 Å². The summed E-state index contributed by atoms with van der Waals surface area (Å²) < 4.78 is 12.4. The van der Waals surface area contributed by atoms with E-state index in [1.165, 1.54) is 11.5 Å². The third-order valence-electron chi connectivity index (χ3n) is 4.33. The zero-order valence-electron chi connectivity index (χ0n) is 11.9. The lowest BCUT2D eigenvalue weighted by molar-refractivity contribution is -0.116. The largest absolute Gasteiger partial charge is 0.488 e. The monoisotopic (exact) mass is 390 g/mol. The van der Waals surface area contributed by atoms with E-state index >= 15 is 0 Å². The van der Waals surface area contributed by atoms with Gasteiger partial charge in [-0.25, -0.2) is 0 Å². The first-order valence-electron chi connectivity index (χ1n) is 7.44. The molecule has 1 aromatic carbocycles. The molecule has 0 aromatic heterocycles. The van der Waals surface area contributed by atoms with Crippen molar-refractivity contribution in [3.05, 3.63) is 28.8 Å². The zero-order valence-corrected chi connectivity index (χ0v) is 15.1. The van der Waals surface area contributed by atoms with Crippen LogP contribution in [0.3, 0.4) is 0 Å². The van der Waals surface area contributed by atoms with Crippen molar-refractivity contribution < 1.29 is 9.47 Å². The normalized spacial score (nSPS) is 25.0. The molecule has 2 heterocycles. The molecule has 0 aliphatic carbocycles. The van der Waals surface area contributed by atoms with Gasteiger partial charge in [0.25, 0.3) is 0 Å². The molecule has 1 aromatic rings. The maximum Gasteiger partial charge on any atom is 0.142 e. The molecule has 0 amide bonds. The van der Waals surface area contributed by atoms with Crippen LogP contribution in [0.25, 0.3) is 0 Å². The highest BCUT2D eigenvalue weighted by atomic mass is 79.9. The van der Waals surface area contributed by atoms with Crippen LogP contribution in [-0.4, -0.2) is 29.8 Å². The van der Waals surface area contributed by atoms with Crippen LogP contribution >= 0.6 is 39.3 Å². The highest BCUT2D eigenvalue weighted by Gasteiger charge is 2.39. The minimum Gasteiger partial charge on any atom is -0.488 e. The highest BCUT2D eigenvalue weighted by Crippen LogP contribution is 2.40. The van der Waals surface area contributed by atoms with E-state index in [1.807, 2.05) is 23.9 Å². The molecule has 2 aliphatic rings. The van der Waals surface area contributed by atoms with Crippen molar-refractivity contribution in [2.24, 2.45) is 0 Å². The van der Waals surface area contributed by atoms with E-state index in [-0.39, 0.29) is 11.7 Å². The Kier molecular flexibility index (Phi) is 5.41. The van der Waals surface area contributed by atoms with E-state index in [1.54, 1.807) is 0 Å². The molecule has 1 unspecified atom stereocenters. The van der Waals surface area contributed by atoms with Crippen molar-refractivity contribution in [1.29, 1.82) is 0 Å². The smallest absolute Gasteiger partial charge is 0.142 e. The van der Waals surface area contributed by atoms with Crippen molar-refractivity contribution in [3.8, 4) is 5.75 Å². The number of halogens is 2. The van der Waals surface area contributed by atoms with Gasteiger partial charge in [0.1, 0.15) is 11.9 Å². The Hall–Kier alpha value is 0.1000. The van der Waals surface area contributed by atoms with Gasteiger partial charge in [0, 0.05) is 23.7 Å². The Morgan fingerprint density at radius 1 is 1.38 bits per heavy atom. The lowest BCUT2D eigenvalue weighted by atomic mass is 9.86. The zero-order chi connectivity index (χ0) is 14.7. The first-order valence-corrected chi connectivity index (χ1v) is 10.1. The molecule has 2 saturated heterocycles.